The summed E-state index contributed by atoms with van der Waals surface area (Å²) < 4.78 is 0. The summed E-state index contributed by atoms with van der Waals surface area (Å²) in [5.74, 6) is 0. The van der Waals surface area contributed by atoms with Gasteiger partial charge < -0.3 is 5.21 Å². The molecule has 4 nitrogen and oxygen atoms in total. The lowest BCUT2D eigenvalue weighted by atomic mass is 10.1. The molecular formula is C11H15N3O. The number of unbranched alkanes of at least 4 members (excludes halogenated alkanes) is 2. The van der Waals surface area contributed by atoms with Crippen LogP contribution in [0, 0.1) is 0 Å². The van der Waals surface area contributed by atoms with Crippen LogP contribution in [-0.2, 0) is 6.42 Å². The fourth-order valence-corrected chi connectivity index (χ4v) is 1.75. The molecular weight excluding hydrogens is 190 g/mol. The van der Waals surface area contributed by atoms with Crippen molar-refractivity contribution < 1.29 is 5.21 Å². The normalized spacial score (nSPS) is 11.0. The molecule has 2 rings (SSSR count). The van der Waals surface area contributed by atoms with E-state index in [2.05, 4.69) is 17.1 Å². The highest BCUT2D eigenvalue weighted by Gasteiger charge is 2.06. The van der Waals surface area contributed by atoms with E-state index in [4.69, 9.17) is 5.21 Å². The summed E-state index contributed by atoms with van der Waals surface area (Å²) in [5.41, 5.74) is 2.74. The largest absolute Gasteiger partial charge is 0.396 e. The zero-order valence-corrected chi connectivity index (χ0v) is 8.85. The second-order valence-electron chi connectivity index (χ2n) is 3.71. The molecule has 0 radical (unpaired) electrons. The minimum absolute atomic E-state index is 0.647. The number of nitrogens with zero attached hydrogens (tertiary/aromatic N) is 3. The van der Waals surface area contributed by atoms with Crippen LogP contribution in [0.15, 0.2) is 18.2 Å². The molecule has 0 aliphatic heterocycles. The first-order chi connectivity index (χ1) is 7.31. The van der Waals surface area contributed by atoms with Crippen LogP contribution in [-0.4, -0.2) is 20.4 Å². The fourth-order valence-electron chi connectivity index (χ4n) is 1.75. The molecule has 1 aromatic carbocycles. The lowest BCUT2D eigenvalue weighted by molar-refractivity contribution is 0.113. The highest BCUT2D eigenvalue weighted by atomic mass is 16.5. The monoisotopic (exact) mass is 205 g/mol. The predicted octanol–water partition coefficient (Wildman–Crippen LogP) is 2.40. The van der Waals surface area contributed by atoms with Crippen molar-refractivity contribution in [3.8, 4) is 0 Å². The van der Waals surface area contributed by atoms with Gasteiger partial charge in [0.2, 0.25) is 0 Å². The Balaban J connectivity index is 2.25. The Hall–Kier alpha value is -1.58. The van der Waals surface area contributed by atoms with Crippen LogP contribution >= 0.6 is 0 Å². The molecule has 0 atom stereocenters. The van der Waals surface area contributed by atoms with Crippen LogP contribution < -0.4 is 0 Å². The van der Waals surface area contributed by atoms with Gasteiger partial charge in [0.1, 0.15) is 11.0 Å². The van der Waals surface area contributed by atoms with Crippen LogP contribution in [0.2, 0.25) is 0 Å². The van der Waals surface area contributed by atoms with Gasteiger partial charge in [-0.1, -0.05) is 31.9 Å². The molecule has 0 saturated carbocycles. The van der Waals surface area contributed by atoms with Gasteiger partial charge in [0.05, 0.1) is 0 Å². The van der Waals surface area contributed by atoms with Crippen LogP contribution in [0.5, 0.6) is 0 Å². The highest BCUT2D eigenvalue weighted by Crippen LogP contribution is 2.16. The zero-order chi connectivity index (χ0) is 10.7. The van der Waals surface area contributed by atoms with Gasteiger partial charge in [-0.3, -0.25) is 0 Å². The Bertz CT molecular complexity index is 450. The smallest absolute Gasteiger partial charge is 0.120 e. The van der Waals surface area contributed by atoms with Crippen molar-refractivity contribution in [1.29, 1.82) is 0 Å². The van der Waals surface area contributed by atoms with Crippen LogP contribution in [0.1, 0.15) is 31.7 Å². The summed E-state index contributed by atoms with van der Waals surface area (Å²) in [5, 5.41) is 17.0. The van der Waals surface area contributed by atoms with Crippen LogP contribution in [0.4, 0.5) is 0 Å². The summed E-state index contributed by atoms with van der Waals surface area (Å²) in [7, 11) is 0. The molecule has 0 saturated heterocycles. The molecule has 1 aromatic heterocycles. The van der Waals surface area contributed by atoms with E-state index in [0.29, 0.717) is 4.96 Å². The van der Waals surface area contributed by atoms with Crippen molar-refractivity contribution in [2.75, 3.05) is 0 Å². The lowest BCUT2D eigenvalue weighted by Crippen LogP contribution is -1.93. The summed E-state index contributed by atoms with van der Waals surface area (Å²) in [4.78, 5) is 0.647. The molecule has 0 bridgehead atoms. The molecule has 1 heterocycles. The summed E-state index contributed by atoms with van der Waals surface area (Å²) in [6, 6.07) is 5.86. The second kappa shape index (κ2) is 4.29. The number of rotatable bonds is 4. The third-order valence-electron chi connectivity index (χ3n) is 2.53. The van der Waals surface area contributed by atoms with Crippen molar-refractivity contribution >= 4 is 11.0 Å². The maximum Gasteiger partial charge on any atom is 0.120 e. The molecule has 0 unspecified atom stereocenters. The van der Waals surface area contributed by atoms with Crippen LogP contribution in [0.3, 0.4) is 0 Å². The molecule has 0 fully saturated rings. The van der Waals surface area contributed by atoms with Crippen molar-refractivity contribution in [2.45, 2.75) is 32.6 Å². The van der Waals surface area contributed by atoms with E-state index in [1.165, 1.54) is 18.4 Å². The first-order valence-corrected chi connectivity index (χ1v) is 5.35. The van der Waals surface area contributed by atoms with E-state index >= 15 is 0 Å². The number of aromatic nitrogens is 3. The maximum absolute atomic E-state index is 9.15. The second-order valence-corrected chi connectivity index (χ2v) is 3.71. The first kappa shape index (κ1) is 9.96. The van der Waals surface area contributed by atoms with Gasteiger partial charge in [-0.25, -0.2) is 0 Å². The van der Waals surface area contributed by atoms with E-state index in [9.17, 15) is 0 Å². The molecule has 1 N–H and O–H groups in total. The molecule has 2 aromatic rings. The Labute approximate surface area is 88.5 Å². The number of aryl methyl sites for hydroxylation is 1. The zero-order valence-electron chi connectivity index (χ0n) is 8.85. The average molecular weight is 205 g/mol. The number of hydrogen-bond acceptors (Lipinski definition) is 3. The van der Waals surface area contributed by atoms with Crippen molar-refractivity contribution in [3.05, 3.63) is 23.8 Å². The van der Waals surface area contributed by atoms with Gasteiger partial charge >= 0.3 is 0 Å². The van der Waals surface area contributed by atoms with E-state index in [1.807, 2.05) is 18.2 Å². The Morgan fingerprint density at radius 3 is 2.93 bits per heavy atom. The number of fused-ring (bicyclic) bond motifs is 1. The molecule has 0 aliphatic rings. The standard InChI is InChI=1S/C11H15N3O/c1-2-3-4-6-9-7-5-8-10-11(9)13-14(15)12-10/h5,7-8,15H,2-4,6H2,1H3. The number of hydrogen-bond donors (Lipinski definition) is 1. The minimum atomic E-state index is 0.647. The van der Waals surface area contributed by atoms with Gasteiger partial charge in [0, 0.05) is 0 Å². The lowest BCUT2D eigenvalue weighted by Gasteiger charge is -1.99. The first-order valence-electron chi connectivity index (χ1n) is 5.35. The summed E-state index contributed by atoms with van der Waals surface area (Å²) in [6.07, 6.45) is 4.60. The third-order valence-corrected chi connectivity index (χ3v) is 2.53. The molecule has 0 aliphatic carbocycles. The Morgan fingerprint density at radius 2 is 2.13 bits per heavy atom. The van der Waals surface area contributed by atoms with E-state index in [0.717, 1.165) is 23.9 Å². The molecule has 15 heavy (non-hydrogen) atoms. The Morgan fingerprint density at radius 1 is 1.27 bits per heavy atom. The predicted molar refractivity (Wildman–Crippen MR) is 57.9 cm³/mol. The third kappa shape index (κ3) is 2.09. The molecule has 0 spiro atoms. The average Bonchev–Trinajstić information content (AvgIpc) is 2.59. The molecule has 80 valence electrons. The quantitative estimate of drug-likeness (QED) is 0.616. The number of benzene rings is 1. The maximum atomic E-state index is 9.15. The summed E-state index contributed by atoms with van der Waals surface area (Å²) >= 11 is 0. The van der Waals surface area contributed by atoms with Gasteiger partial charge in [0.25, 0.3) is 0 Å². The highest BCUT2D eigenvalue weighted by molar-refractivity contribution is 5.77. The van der Waals surface area contributed by atoms with Crippen molar-refractivity contribution in [3.63, 3.8) is 0 Å². The minimum Gasteiger partial charge on any atom is -0.396 e. The molecule has 4 heteroatoms. The SMILES string of the molecule is CCCCCc1cccc2nn(O)nc12. The van der Waals surface area contributed by atoms with Gasteiger partial charge in [-0.15, -0.1) is 10.2 Å². The van der Waals surface area contributed by atoms with Gasteiger partial charge in [-0.2, -0.15) is 0 Å². The van der Waals surface area contributed by atoms with E-state index in [-0.39, 0.29) is 0 Å². The summed E-state index contributed by atoms with van der Waals surface area (Å²) in [6.45, 7) is 2.19. The van der Waals surface area contributed by atoms with Crippen molar-refractivity contribution in [2.24, 2.45) is 0 Å². The topological polar surface area (TPSA) is 50.9 Å². The van der Waals surface area contributed by atoms with E-state index in [1.54, 1.807) is 0 Å². The van der Waals surface area contributed by atoms with Gasteiger partial charge in [0.15, 0.2) is 0 Å². The van der Waals surface area contributed by atoms with Crippen LogP contribution in [0.25, 0.3) is 11.0 Å². The molecule has 0 amide bonds. The van der Waals surface area contributed by atoms with E-state index < -0.39 is 0 Å². The Kier molecular flexibility index (Phi) is 2.85. The van der Waals surface area contributed by atoms with Gasteiger partial charge in [-0.05, 0) is 29.4 Å². The van der Waals surface area contributed by atoms with Crippen molar-refractivity contribution in [1.82, 2.24) is 15.2 Å². The fraction of sp³-hybridized carbons (Fsp3) is 0.455.